The van der Waals surface area contributed by atoms with E-state index in [9.17, 15) is 13.6 Å². The van der Waals surface area contributed by atoms with Crippen molar-refractivity contribution in [3.05, 3.63) is 17.5 Å². The Hall–Kier alpha value is -1.21. The number of rotatable bonds is 3. The molecule has 1 heterocycles. The van der Waals surface area contributed by atoms with Crippen molar-refractivity contribution in [3.8, 4) is 0 Å². The summed E-state index contributed by atoms with van der Waals surface area (Å²) in [6.45, 7) is 0. The van der Waals surface area contributed by atoms with E-state index in [1.54, 1.807) is 5.43 Å². The minimum absolute atomic E-state index is 0.0497. The number of nitrogens with one attached hydrogen (secondary N) is 2. The Morgan fingerprint density at radius 3 is 2.53 bits per heavy atom. The van der Waals surface area contributed by atoms with Gasteiger partial charge in [-0.25, -0.2) is 9.97 Å². The third-order valence-corrected chi connectivity index (χ3v) is 1.55. The van der Waals surface area contributed by atoms with Crippen LogP contribution in [0.1, 0.15) is 0 Å². The summed E-state index contributed by atoms with van der Waals surface area (Å²) in [6, 6.07) is 0. The van der Waals surface area contributed by atoms with Crippen molar-refractivity contribution >= 4 is 34.9 Å². The molecule has 5 nitrogen and oxygen atoms in total. The lowest BCUT2D eigenvalue weighted by molar-refractivity contribution is -0.135. The number of halogens is 4. The van der Waals surface area contributed by atoms with Crippen molar-refractivity contribution in [3.63, 3.8) is 0 Å². The van der Waals surface area contributed by atoms with Crippen LogP contribution in [0.15, 0.2) is 12.4 Å². The first-order valence-electron chi connectivity index (χ1n) is 3.50. The predicted octanol–water partition coefficient (Wildman–Crippen LogP) is 1.40. The molecule has 1 aromatic rings. The molecule has 2 N–H and O–H groups in total. The predicted molar refractivity (Wildman–Crippen MR) is 49.6 cm³/mol. The summed E-state index contributed by atoms with van der Waals surface area (Å²) in [4.78, 5) is 17.8. The zero-order chi connectivity index (χ0) is 11.5. The molecule has 0 aliphatic carbocycles. The lowest BCUT2D eigenvalue weighted by Crippen LogP contribution is -2.39. The second kappa shape index (κ2) is 4.54. The van der Waals surface area contributed by atoms with Gasteiger partial charge in [-0.15, -0.1) is 0 Å². The van der Waals surface area contributed by atoms with Gasteiger partial charge in [-0.2, -0.15) is 8.78 Å². The van der Waals surface area contributed by atoms with E-state index in [0.29, 0.717) is 0 Å². The van der Waals surface area contributed by atoms with E-state index in [4.69, 9.17) is 11.6 Å². The molecule has 0 radical (unpaired) electrons. The van der Waals surface area contributed by atoms with Crippen LogP contribution in [0, 0.1) is 0 Å². The zero-order valence-corrected chi connectivity index (χ0v) is 8.48. The number of hydrazine groups is 1. The standard InChI is InChI=1S/C6H4Cl2F2N4O/c7-3-1-12-4(2-11-3)13-14-5(15)6(8,9)10/h1-2H,(H,12,13)(H,14,15). The van der Waals surface area contributed by atoms with Gasteiger partial charge >= 0.3 is 11.3 Å². The molecule has 0 fully saturated rings. The van der Waals surface area contributed by atoms with E-state index < -0.39 is 11.3 Å². The summed E-state index contributed by atoms with van der Waals surface area (Å²) in [5.41, 5.74) is 3.72. The minimum Gasteiger partial charge on any atom is -0.280 e. The Morgan fingerprint density at radius 1 is 1.40 bits per heavy atom. The highest BCUT2D eigenvalue weighted by Crippen LogP contribution is 2.18. The van der Waals surface area contributed by atoms with Gasteiger partial charge in [0.25, 0.3) is 0 Å². The van der Waals surface area contributed by atoms with E-state index in [-0.39, 0.29) is 11.0 Å². The summed E-state index contributed by atoms with van der Waals surface area (Å²) >= 11 is 9.85. The maximum atomic E-state index is 12.1. The first-order chi connectivity index (χ1) is 6.89. The molecule has 15 heavy (non-hydrogen) atoms. The number of anilines is 1. The third kappa shape index (κ3) is 3.80. The fourth-order valence-corrected chi connectivity index (χ4v) is 0.713. The fraction of sp³-hybridized carbons (Fsp3) is 0.167. The summed E-state index contributed by atoms with van der Waals surface area (Å²) in [7, 11) is 0. The largest absolute Gasteiger partial charge is 0.401 e. The number of hydrogen-bond donors (Lipinski definition) is 2. The van der Waals surface area contributed by atoms with Gasteiger partial charge in [0.2, 0.25) is 0 Å². The third-order valence-electron chi connectivity index (χ3n) is 1.18. The summed E-state index contributed by atoms with van der Waals surface area (Å²) in [6.07, 6.45) is 2.32. The van der Waals surface area contributed by atoms with E-state index in [1.807, 2.05) is 0 Å². The molecule has 82 valence electrons. The molecule has 9 heteroatoms. The van der Waals surface area contributed by atoms with Crippen molar-refractivity contribution in [2.24, 2.45) is 0 Å². The summed E-state index contributed by atoms with van der Waals surface area (Å²) in [5, 5.41) is -3.85. The van der Waals surface area contributed by atoms with Crippen LogP contribution in [0.25, 0.3) is 0 Å². The molecule has 0 aliphatic rings. The molecule has 1 rings (SSSR count). The first kappa shape index (κ1) is 11.9. The molecule has 0 saturated heterocycles. The molecule has 1 aromatic heterocycles. The SMILES string of the molecule is O=C(NNc1cnc(Cl)cn1)C(F)(F)Cl. The molecule has 0 saturated carbocycles. The molecule has 0 unspecified atom stereocenters. The Bertz CT molecular complexity index is 353. The number of nitrogens with zero attached hydrogens (tertiary/aromatic N) is 2. The van der Waals surface area contributed by atoms with Gasteiger partial charge in [-0.1, -0.05) is 11.6 Å². The maximum absolute atomic E-state index is 12.1. The molecule has 0 aliphatic heterocycles. The fourth-order valence-electron chi connectivity index (χ4n) is 0.569. The molecular formula is C6H4Cl2F2N4O. The Kier molecular flexibility index (Phi) is 3.59. The average Bonchev–Trinajstić information content (AvgIpc) is 2.15. The van der Waals surface area contributed by atoms with Gasteiger partial charge in [0.05, 0.1) is 12.4 Å². The van der Waals surface area contributed by atoms with Crippen molar-refractivity contribution in [2.45, 2.75) is 5.38 Å². The normalized spacial score (nSPS) is 10.9. The van der Waals surface area contributed by atoms with Crippen LogP contribution in [0.4, 0.5) is 14.6 Å². The zero-order valence-electron chi connectivity index (χ0n) is 6.97. The van der Waals surface area contributed by atoms with E-state index >= 15 is 0 Å². The van der Waals surface area contributed by atoms with E-state index in [2.05, 4.69) is 27.0 Å². The number of carbonyl (C=O) groups is 1. The smallest absolute Gasteiger partial charge is 0.280 e. The highest BCUT2D eigenvalue weighted by Gasteiger charge is 2.35. The second-order valence-corrected chi connectivity index (χ2v) is 3.16. The highest BCUT2D eigenvalue weighted by molar-refractivity contribution is 6.32. The van der Waals surface area contributed by atoms with Crippen molar-refractivity contribution in [1.29, 1.82) is 0 Å². The van der Waals surface area contributed by atoms with Gasteiger partial charge in [0.1, 0.15) is 5.15 Å². The van der Waals surface area contributed by atoms with Gasteiger partial charge in [-0.3, -0.25) is 15.6 Å². The molecule has 0 spiro atoms. The second-order valence-electron chi connectivity index (χ2n) is 2.30. The number of carbonyl (C=O) groups excluding carboxylic acids is 1. The number of amides is 1. The van der Waals surface area contributed by atoms with Crippen LogP contribution in [0.3, 0.4) is 0 Å². The van der Waals surface area contributed by atoms with Gasteiger partial charge in [0, 0.05) is 0 Å². The monoisotopic (exact) mass is 256 g/mol. The van der Waals surface area contributed by atoms with Crippen molar-refractivity contribution in [2.75, 3.05) is 5.43 Å². The van der Waals surface area contributed by atoms with Gasteiger partial charge in [-0.05, 0) is 11.6 Å². The number of hydrogen-bond acceptors (Lipinski definition) is 4. The quantitative estimate of drug-likeness (QED) is 0.634. The maximum Gasteiger partial charge on any atom is 0.401 e. The van der Waals surface area contributed by atoms with Gasteiger partial charge in [0.15, 0.2) is 5.82 Å². The topological polar surface area (TPSA) is 66.9 Å². The number of alkyl halides is 3. The van der Waals surface area contributed by atoms with Crippen LogP contribution < -0.4 is 10.9 Å². The van der Waals surface area contributed by atoms with Crippen LogP contribution in [-0.4, -0.2) is 21.3 Å². The van der Waals surface area contributed by atoms with Crippen LogP contribution >= 0.6 is 23.2 Å². The number of aromatic nitrogens is 2. The molecule has 0 atom stereocenters. The highest BCUT2D eigenvalue weighted by atomic mass is 35.5. The Labute approximate surface area is 92.8 Å². The minimum atomic E-state index is -3.98. The molecule has 0 aromatic carbocycles. The van der Waals surface area contributed by atoms with E-state index in [0.717, 1.165) is 6.20 Å². The molecular weight excluding hydrogens is 253 g/mol. The van der Waals surface area contributed by atoms with E-state index in [1.165, 1.54) is 6.20 Å². The average molecular weight is 257 g/mol. The molecule has 0 bridgehead atoms. The van der Waals surface area contributed by atoms with Crippen LogP contribution in [-0.2, 0) is 4.79 Å². The van der Waals surface area contributed by atoms with Crippen molar-refractivity contribution < 1.29 is 13.6 Å². The van der Waals surface area contributed by atoms with Crippen LogP contribution in [0.2, 0.25) is 5.15 Å². The lowest BCUT2D eigenvalue weighted by atomic mass is 10.6. The summed E-state index contributed by atoms with van der Waals surface area (Å²) in [5.74, 6) is -1.64. The molecule has 1 amide bonds. The Balaban J connectivity index is 2.51. The first-order valence-corrected chi connectivity index (χ1v) is 4.26. The lowest BCUT2D eigenvalue weighted by Gasteiger charge is -2.09. The Morgan fingerprint density at radius 2 is 2.07 bits per heavy atom. The van der Waals surface area contributed by atoms with Crippen LogP contribution in [0.5, 0.6) is 0 Å². The van der Waals surface area contributed by atoms with Gasteiger partial charge < -0.3 is 0 Å². The summed E-state index contributed by atoms with van der Waals surface area (Å²) < 4.78 is 24.3. The van der Waals surface area contributed by atoms with Crippen molar-refractivity contribution in [1.82, 2.24) is 15.4 Å².